The lowest BCUT2D eigenvalue weighted by Gasteiger charge is -2.19. The van der Waals surface area contributed by atoms with Crippen LogP contribution in [0.4, 0.5) is 0 Å². The minimum Gasteiger partial charge on any atom is -0.276 e. The fraction of sp³-hybridized carbons (Fsp3) is 0.545. The number of thioether (sulfide) groups is 1. The number of nitrogens with zero attached hydrogens (tertiary/aromatic N) is 3. The molecule has 0 aliphatic carbocycles. The first-order valence-electron chi connectivity index (χ1n) is 5.09. The second-order valence-electron chi connectivity index (χ2n) is 4.54. The van der Waals surface area contributed by atoms with Gasteiger partial charge in [0.15, 0.2) is 0 Å². The Hall–Kier alpha value is -0.860. The lowest BCUT2D eigenvalue weighted by molar-refractivity contribution is 0.377. The fourth-order valence-electron chi connectivity index (χ4n) is 1.65. The summed E-state index contributed by atoms with van der Waals surface area (Å²) in [6.45, 7) is 5.22. The van der Waals surface area contributed by atoms with Crippen LogP contribution in [0.15, 0.2) is 10.5 Å². The highest BCUT2D eigenvalue weighted by molar-refractivity contribution is 8.14. The van der Waals surface area contributed by atoms with Crippen molar-refractivity contribution in [3.63, 3.8) is 0 Å². The van der Waals surface area contributed by atoms with Crippen LogP contribution in [0.2, 0.25) is 0 Å². The molecule has 0 N–H and O–H groups in total. The molecule has 0 unspecified atom stereocenters. The largest absolute Gasteiger partial charge is 0.276 e. The third-order valence-corrected chi connectivity index (χ3v) is 4.29. The number of nitriles is 1. The highest BCUT2D eigenvalue weighted by atomic mass is 32.2. The second-order valence-corrected chi connectivity index (χ2v) is 6.36. The number of rotatable bonds is 1. The summed E-state index contributed by atoms with van der Waals surface area (Å²) in [6, 6.07) is 2.15. The van der Waals surface area contributed by atoms with E-state index in [0.29, 0.717) is 5.75 Å². The zero-order chi connectivity index (χ0) is 11.6. The number of hydrogen-bond donors (Lipinski definition) is 0. The molecule has 2 rings (SSSR count). The second kappa shape index (κ2) is 4.56. The predicted molar refractivity (Wildman–Crippen MR) is 69.1 cm³/mol. The van der Waals surface area contributed by atoms with Gasteiger partial charge in [0, 0.05) is 6.54 Å². The molecular weight excluding hydrogens is 238 g/mol. The molecule has 16 heavy (non-hydrogen) atoms. The first-order valence-corrected chi connectivity index (χ1v) is 6.96. The Kier molecular flexibility index (Phi) is 3.31. The summed E-state index contributed by atoms with van der Waals surface area (Å²) in [5.41, 5.74) is 3.17. The number of aromatic nitrogens is 1. The topological polar surface area (TPSA) is 49.0 Å². The number of thiazole rings is 1. The first-order chi connectivity index (χ1) is 7.62. The van der Waals surface area contributed by atoms with Gasteiger partial charge in [-0.3, -0.25) is 4.99 Å². The molecule has 1 aromatic rings. The maximum absolute atomic E-state index is 8.63. The van der Waals surface area contributed by atoms with Crippen LogP contribution in [0.5, 0.6) is 0 Å². The van der Waals surface area contributed by atoms with E-state index in [-0.39, 0.29) is 5.41 Å². The van der Waals surface area contributed by atoms with Crippen molar-refractivity contribution in [3.05, 3.63) is 16.1 Å². The van der Waals surface area contributed by atoms with Crippen LogP contribution in [0.25, 0.3) is 0 Å². The van der Waals surface area contributed by atoms with Crippen LogP contribution in [0.3, 0.4) is 0 Å². The van der Waals surface area contributed by atoms with Crippen molar-refractivity contribution in [1.82, 2.24) is 4.98 Å². The smallest absolute Gasteiger partial charge is 0.111 e. The molecule has 3 nitrogen and oxygen atoms in total. The molecule has 1 aliphatic heterocycles. The highest BCUT2D eigenvalue weighted by Gasteiger charge is 2.26. The van der Waals surface area contributed by atoms with Gasteiger partial charge in [-0.2, -0.15) is 5.26 Å². The average molecular weight is 251 g/mol. The van der Waals surface area contributed by atoms with E-state index in [4.69, 9.17) is 5.26 Å². The number of fused-ring (bicyclic) bond motifs is 1. The lowest BCUT2D eigenvalue weighted by Crippen LogP contribution is -2.18. The van der Waals surface area contributed by atoms with Crippen molar-refractivity contribution in [2.75, 3.05) is 12.3 Å². The van der Waals surface area contributed by atoms with Gasteiger partial charge in [0.2, 0.25) is 0 Å². The minimum absolute atomic E-state index is 0.164. The van der Waals surface area contributed by atoms with Gasteiger partial charge < -0.3 is 0 Å². The van der Waals surface area contributed by atoms with Crippen molar-refractivity contribution >= 4 is 28.1 Å². The summed E-state index contributed by atoms with van der Waals surface area (Å²) in [6.07, 6.45) is 0.964. The Morgan fingerprint density at radius 2 is 2.44 bits per heavy atom. The maximum atomic E-state index is 8.63. The molecule has 0 aromatic carbocycles. The molecule has 0 bridgehead atoms. The molecule has 0 saturated heterocycles. The molecule has 0 fully saturated rings. The standard InChI is InChI=1S/C11H13N3S2/c1-11(2)5-8-9(16-7-14-8)10(13-6-11)15-4-3-12/h7H,4-6H2,1-2H3. The number of hydrogen-bond acceptors (Lipinski definition) is 5. The quantitative estimate of drug-likeness (QED) is 0.771. The summed E-state index contributed by atoms with van der Waals surface area (Å²) in [5, 5.41) is 9.62. The molecule has 2 heterocycles. The third-order valence-electron chi connectivity index (χ3n) is 2.41. The fourth-order valence-corrected chi connectivity index (χ4v) is 3.29. The van der Waals surface area contributed by atoms with Gasteiger partial charge in [-0.25, -0.2) is 4.98 Å². The third kappa shape index (κ3) is 2.45. The first kappa shape index (κ1) is 11.6. The van der Waals surface area contributed by atoms with Crippen molar-refractivity contribution < 1.29 is 0 Å². The predicted octanol–water partition coefficient (Wildman–Crippen LogP) is 2.73. The Labute approximate surface area is 104 Å². The Morgan fingerprint density at radius 3 is 3.19 bits per heavy atom. The van der Waals surface area contributed by atoms with E-state index < -0.39 is 0 Å². The van der Waals surface area contributed by atoms with Gasteiger partial charge >= 0.3 is 0 Å². The summed E-state index contributed by atoms with van der Waals surface area (Å²) < 4.78 is 0. The van der Waals surface area contributed by atoms with E-state index in [1.165, 1.54) is 11.8 Å². The number of aliphatic imine (C=N–C) groups is 1. The van der Waals surface area contributed by atoms with E-state index in [2.05, 4.69) is 29.9 Å². The Bertz CT molecular complexity index is 454. The van der Waals surface area contributed by atoms with Crippen LogP contribution < -0.4 is 0 Å². The van der Waals surface area contributed by atoms with E-state index in [9.17, 15) is 0 Å². The summed E-state index contributed by atoms with van der Waals surface area (Å²) >= 11 is 3.14. The van der Waals surface area contributed by atoms with E-state index in [1.807, 2.05) is 5.51 Å². The zero-order valence-electron chi connectivity index (χ0n) is 9.36. The Morgan fingerprint density at radius 1 is 1.62 bits per heavy atom. The van der Waals surface area contributed by atoms with Crippen LogP contribution in [0.1, 0.15) is 24.4 Å². The molecule has 0 radical (unpaired) electrons. The van der Waals surface area contributed by atoms with E-state index >= 15 is 0 Å². The molecule has 0 amide bonds. The van der Waals surface area contributed by atoms with Gasteiger partial charge in [0.1, 0.15) is 5.04 Å². The van der Waals surface area contributed by atoms with Gasteiger partial charge in [-0.05, 0) is 11.8 Å². The van der Waals surface area contributed by atoms with Crippen LogP contribution in [-0.4, -0.2) is 22.3 Å². The Balaban J connectivity index is 2.32. The molecule has 1 aromatic heterocycles. The van der Waals surface area contributed by atoms with Gasteiger partial charge in [-0.15, -0.1) is 11.3 Å². The lowest BCUT2D eigenvalue weighted by atomic mass is 9.88. The summed E-state index contributed by atoms with van der Waals surface area (Å²) in [7, 11) is 0. The molecular formula is C11H13N3S2. The van der Waals surface area contributed by atoms with Crippen molar-refractivity contribution in [3.8, 4) is 6.07 Å². The van der Waals surface area contributed by atoms with Crippen molar-refractivity contribution in [1.29, 1.82) is 5.26 Å². The van der Waals surface area contributed by atoms with Gasteiger partial charge in [-0.1, -0.05) is 25.6 Å². The monoisotopic (exact) mass is 251 g/mol. The molecule has 84 valence electrons. The maximum Gasteiger partial charge on any atom is 0.111 e. The van der Waals surface area contributed by atoms with Crippen LogP contribution in [-0.2, 0) is 6.42 Å². The SMILES string of the molecule is CC1(C)CN=C(SCC#N)c2scnc2C1. The average Bonchev–Trinajstić information content (AvgIpc) is 2.61. The van der Waals surface area contributed by atoms with Gasteiger partial charge in [0.25, 0.3) is 0 Å². The molecule has 0 atom stereocenters. The molecule has 5 heteroatoms. The molecule has 0 saturated carbocycles. The molecule has 1 aliphatic rings. The van der Waals surface area contributed by atoms with E-state index in [0.717, 1.165) is 28.6 Å². The van der Waals surface area contributed by atoms with E-state index in [1.54, 1.807) is 11.3 Å². The summed E-state index contributed by atoms with van der Waals surface area (Å²) in [4.78, 5) is 10.2. The van der Waals surface area contributed by atoms with Crippen molar-refractivity contribution in [2.24, 2.45) is 10.4 Å². The van der Waals surface area contributed by atoms with Crippen LogP contribution >= 0.6 is 23.1 Å². The molecule has 0 spiro atoms. The zero-order valence-corrected chi connectivity index (χ0v) is 11.0. The normalized spacial score (nSPS) is 18.2. The van der Waals surface area contributed by atoms with Crippen molar-refractivity contribution in [2.45, 2.75) is 20.3 Å². The highest BCUT2D eigenvalue weighted by Crippen LogP contribution is 2.31. The summed E-state index contributed by atoms with van der Waals surface area (Å²) in [5.74, 6) is 0.455. The minimum atomic E-state index is 0.164. The van der Waals surface area contributed by atoms with Crippen LogP contribution in [0, 0.1) is 16.7 Å². The van der Waals surface area contributed by atoms with Gasteiger partial charge in [0.05, 0.1) is 27.9 Å².